The summed E-state index contributed by atoms with van der Waals surface area (Å²) >= 11 is 3.26. The van der Waals surface area contributed by atoms with Crippen LogP contribution in [0.25, 0.3) is 0 Å². The molecule has 1 fully saturated rings. The summed E-state index contributed by atoms with van der Waals surface area (Å²) in [4.78, 5) is 2.50. The van der Waals surface area contributed by atoms with Crippen LogP contribution in [-0.4, -0.2) is 29.6 Å². The van der Waals surface area contributed by atoms with Gasteiger partial charge in [0, 0.05) is 31.2 Å². The van der Waals surface area contributed by atoms with E-state index in [1.807, 2.05) is 12.1 Å². The standard InChI is InChI=1S/C15H22BrFN2/c1-4-12-8-18-15(2,3)10-19(12)9-11-5-6-14(17)13(16)7-11/h5-7,12,18H,4,8-10H2,1-3H3. The van der Waals surface area contributed by atoms with Gasteiger partial charge in [0.15, 0.2) is 0 Å². The molecule has 1 aromatic carbocycles. The van der Waals surface area contributed by atoms with E-state index in [2.05, 4.69) is 46.9 Å². The predicted molar refractivity (Wildman–Crippen MR) is 80.7 cm³/mol. The van der Waals surface area contributed by atoms with Gasteiger partial charge in [0.1, 0.15) is 5.82 Å². The average Bonchev–Trinajstić information content (AvgIpc) is 2.33. The molecule has 0 bridgehead atoms. The first-order valence-electron chi connectivity index (χ1n) is 6.84. The summed E-state index contributed by atoms with van der Waals surface area (Å²) in [6, 6.07) is 5.85. The molecule has 0 amide bonds. The molecular formula is C15H22BrFN2. The second-order valence-corrected chi connectivity index (χ2v) is 6.83. The van der Waals surface area contributed by atoms with Crippen LogP contribution in [-0.2, 0) is 6.54 Å². The van der Waals surface area contributed by atoms with Gasteiger partial charge in [-0.3, -0.25) is 4.90 Å². The molecule has 2 nitrogen and oxygen atoms in total. The predicted octanol–water partition coefficient (Wildman–Crippen LogP) is 3.55. The third-order valence-corrected chi connectivity index (χ3v) is 4.38. The number of piperazine rings is 1. The maximum atomic E-state index is 13.3. The summed E-state index contributed by atoms with van der Waals surface area (Å²) in [5.74, 6) is -0.198. The van der Waals surface area contributed by atoms with Gasteiger partial charge in [-0.15, -0.1) is 0 Å². The summed E-state index contributed by atoms with van der Waals surface area (Å²) in [5, 5.41) is 3.58. The van der Waals surface area contributed by atoms with Crippen LogP contribution in [0.1, 0.15) is 32.8 Å². The molecule has 19 heavy (non-hydrogen) atoms. The Balaban J connectivity index is 2.12. The highest BCUT2D eigenvalue weighted by molar-refractivity contribution is 9.10. The highest BCUT2D eigenvalue weighted by Gasteiger charge is 2.31. The summed E-state index contributed by atoms with van der Waals surface area (Å²) in [6.07, 6.45) is 1.13. The molecule has 0 aliphatic carbocycles. The minimum atomic E-state index is -0.198. The summed E-state index contributed by atoms with van der Waals surface area (Å²) < 4.78 is 13.8. The Morgan fingerprint density at radius 3 is 2.84 bits per heavy atom. The van der Waals surface area contributed by atoms with Crippen LogP contribution in [0, 0.1) is 5.82 Å². The number of benzene rings is 1. The van der Waals surface area contributed by atoms with Crippen molar-refractivity contribution in [2.45, 2.75) is 45.3 Å². The average molecular weight is 329 g/mol. The zero-order valence-electron chi connectivity index (χ0n) is 11.8. The molecule has 1 aromatic rings. The lowest BCUT2D eigenvalue weighted by Gasteiger charge is -2.44. The largest absolute Gasteiger partial charge is 0.309 e. The van der Waals surface area contributed by atoms with Crippen molar-refractivity contribution in [3.63, 3.8) is 0 Å². The van der Waals surface area contributed by atoms with E-state index in [-0.39, 0.29) is 11.4 Å². The molecule has 1 unspecified atom stereocenters. The van der Waals surface area contributed by atoms with Crippen LogP contribution in [0.5, 0.6) is 0 Å². The molecule has 106 valence electrons. The zero-order valence-corrected chi connectivity index (χ0v) is 13.4. The second kappa shape index (κ2) is 5.90. The normalized spacial score (nSPS) is 23.5. The summed E-state index contributed by atoms with van der Waals surface area (Å²) in [5.41, 5.74) is 1.30. The molecule has 1 heterocycles. The van der Waals surface area contributed by atoms with Gasteiger partial charge in [0.25, 0.3) is 0 Å². The Morgan fingerprint density at radius 2 is 2.21 bits per heavy atom. The molecule has 1 N–H and O–H groups in total. The van der Waals surface area contributed by atoms with E-state index in [1.165, 1.54) is 6.07 Å². The van der Waals surface area contributed by atoms with Gasteiger partial charge in [0.2, 0.25) is 0 Å². The summed E-state index contributed by atoms with van der Waals surface area (Å²) in [7, 11) is 0. The minimum absolute atomic E-state index is 0.142. The van der Waals surface area contributed by atoms with Crippen molar-refractivity contribution < 1.29 is 4.39 Å². The first-order valence-corrected chi connectivity index (χ1v) is 7.63. The van der Waals surface area contributed by atoms with Crippen molar-refractivity contribution in [2.24, 2.45) is 0 Å². The molecule has 0 spiro atoms. The van der Waals surface area contributed by atoms with Gasteiger partial charge in [-0.2, -0.15) is 0 Å². The van der Waals surface area contributed by atoms with Crippen LogP contribution >= 0.6 is 15.9 Å². The van der Waals surface area contributed by atoms with Crippen molar-refractivity contribution in [3.8, 4) is 0 Å². The maximum absolute atomic E-state index is 13.3. The Hall–Kier alpha value is -0.450. The Labute approximate surface area is 123 Å². The fraction of sp³-hybridized carbons (Fsp3) is 0.600. The Morgan fingerprint density at radius 1 is 1.47 bits per heavy atom. The first-order chi connectivity index (χ1) is 8.91. The van der Waals surface area contributed by atoms with E-state index in [1.54, 1.807) is 0 Å². The highest BCUT2D eigenvalue weighted by atomic mass is 79.9. The van der Waals surface area contributed by atoms with E-state index in [9.17, 15) is 4.39 Å². The molecule has 1 saturated heterocycles. The molecule has 4 heteroatoms. The van der Waals surface area contributed by atoms with Crippen LogP contribution in [0.4, 0.5) is 4.39 Å². The van der Waals surface area contributed by atoms with E-state index in [0.717, 1.165) is 31.6 Å². The summed E-state index contributed by atoms with van der Waals surface area (Å²) in [6.45, 7) is 9.59. The van der Waals surface area contributed by atoms with Crippen LogP contribution in [0.2, 0.25) is 0 Å². The van der Waals surface area contributed by atoms with E-state index in [4.69, 9.17) is 0 Å². The third kappa shape index (κ3) is 3.77. The lowest BCUT2D eigenvalue weighted by molar-refractivity contribution is 0.0858. The van der Waals surface area contributed by atoms with Crippen molar-refractivity contribution in [1.29, 1.82) is 0 Å². The van der Waals surface area contributed by atoms with Crippen molar-refractivity contribution in [3.05, 3.63) is 34.1 Å². The third-order valence-electron chi connectivity index (χ3n) is 3.77. The second-order valence-electron chi connectivity index (χ2n) is 5.98. The molecule has 1 aliphatic rings. The monoisotopic (exact) mass is 328 g/mol. The van der Waals surface area contributed by atoms with Crippen LogP contribution in [0.15, 0.2) is 22.7 Å². The SMILES string of the molecule is CCC1CNC(C)(C)CN1Cc1ccc(F)c(Br)c1. The van der Waals surface area contributed by atoms with Gasteiger partial charge in [-0.1, -0.05) is 13.0 Å². The number of hydrogen-bond acceptors (Lipinski definition) is 2. The van der Waals surface area contributed by atoms with Crippen LogP contribution < -0.4 is 5.32 Å². The Kier molecular flexibility index (Phi) is 4.64. The van der Waals surface area contributed by atoms with Crippen molar-refractivity contribution in [2.75, 3.05) is 13.1 Å². The van der Waals surface area contributed by atoms with Gasteiger partial charge < -0.3 is 5.32 Å². The minimum Gasteiger partial charge on any atom is -0.309 e. The molecule has 1 atom stereocenters. The molecule has 2 rings (SSSR count). The molecular weight excluding hydrogens is 307 g/mol. The lowest BCUT2D eigenvalue weighted by Crippen LogP contribution is -2.60. The number of nitrogens with zero attached hydrogens (tertiary/aromatic N) is 1. The van der Waals surface area contributed by atoms with Gasteiger partial charge in [-0.05, 0) is 53.9 Å². The molecule has 0 radical (unpaired) electrons. The van der Waals surface area contributed by atoms with Gasteiger partial charge in [-0.25, -0.2) is 4.39 Å². The lowest BCUT2D eigenvalue weighted by atomic mass is 9.97. The highest BCUT2D eigenvalue weighted by Crippen LogP contribution is 2.22. The fourth-order valence-electron chi connectivity index (χ4n) is 2.68. The fourth-order valence-corrected chi connectivity index (χ4v) is 3.10. The maximum Gasteiger partial charge on any atom is 0.137 e. The Bertz CT molecular complexity index is 448. The zero-order chi connectivity index (χ0) is 14.0. The van der Waals surface area contributed by atoms with Gasteiger partial charge in [0.05, 0.1) is 4.47 Å². The number of rotatable bonds is 3. The smallest absolute Gasteiger partial charge is 0.137 e. The first kappa shape index (κ1) is 14.9. The number of nitrogens with one attached hydrogen (secondary N) is 1. The van der Waals surface area contributed by atoms with Gasteiger partial charge >= 0.3 is 0 Å². The molecule has 0 aromatic heterocycles. The molecule has 0 saturated carbocycles. The number of halogens is 2. The van der Waals surface area contributed by atoms with Crippen LogP contribution in [0.3, 0.4) is 0 Å². The van der Waals surface area contributed by atoms with E-state index in [0.29, 0.717) is 10.5 Å². The van der Waals surface area contributed by atoms with E-state index < -0.39 is 0 Å². The molecule has 1 aliphatic heterocycles. The van der Waals surface area contributed by atoms with Crippen molar-refractivity contribution >= 4 is 15.9 Å². The van der Waals surface area contributed by atoms with E-state index >= 15 is 0 Å². The number of hydrogen-bond donors (Lipinski definition) is 1. The topological polar surface area (TPSA) is 15.3 Å². The quantitative estimate of drug-likeness (QED) is 0.912. The van der Waals surface area contributed by atoms with Crippen molar-refractivity contribution in [1.82, 2.24) is 10.2 Å².